The van der Waals surface area contributed by atoms with Crippen LogP contribution < -0.4 is 5.73 Å². The molecule has 0 atom stereocenters. The summed E-state index contributed by atoms with van der Waals surface area (Å²) in [5.41, 5.74) is 9.27. The molecule has 5 nitrogen and oxygen atoms in total. The topological polar surface area (TPSA) is 73.9 Å². The van der Waals surface area contributed by atoms with Gasteiger partial charge in [-0.3, -0.25) is 4.79 Å². The van der Waals surface area contributed by atoms with Gasteiger partial charge in [0, 0.05) is 18.2 Å². The van der Waals surface area contributed by atoms with Gasteiger partial charge in [-0.1, -0.05) is 48.1 Å². The van der Waals surface area contributed by atoms with Gasteiger partial charge in [-0.25, -0.2) is 8.78 Å². The van der Waals surface area contributed by atoms with Crippen molar-refractivity contribution in [1.82, 2.24) is 0 Å². The summed E-state index contributed by atoms with van der Waals surface area (Å²) in [5.74, 6) is -2.62. The number of hydrogen-bond acceptors (Lipinski definition) is 4. The molecule has 0 fully saturated rings. The molecule has 0 radical (unpaired) electrons. The van der Waals surface area contributed by atoms with Gasteiger partial charge in [0.2, 0.25) is 0 Å². The molecule has 170 valence electrons. The summed E-state index contributed by atoms with van der Waals surface area (Å²) in [6.07, 6.45) is 0. The SMILES string of the molecule is C=C(O/N=C(\C)c1cc(F)c(C(N)=O)cc1F)c1ccc(-c2ccccc2C)c(COC)c1. The molecule has 0 spiro atoms. The third-order valence-corrected chi connectivity index (χ3v) is 5.17. The molecule has 0 aliphatic heterocycles. The minimum atomic E-state index is -1.06. The predicted octanol–water partition coefficient (Wildman–Crippen LogP) is 5.60. The van der Waals surface area contributed by atoms with E-state index >= 15 is 0 Å². The highest BCUT2D eigenvalue weighted by Crippen LogP contribution is 2.30. The largest absolute Gasteiger partial charge is 0.380 e. The van der Waals surface area contributed by atoms with Crippen LogP contribution in [0.3, 0.4) is 0 Å². The van der Waals surface area contributed by atoms with E-state index < -0.39 is 23.1 Å². The number of benzene rings is 3. The summed E-state index contributed by atoms with van der Waals surface area (Å²) in [6.45, 7) is 7.76. The van der Waals surface area contributed by atoms with Crippen LogP contribution in [-0.2, 0) is 16.2 Å². The fourth-order valence-corrected chi connectivity index (χ4v) is 3.42. The van der Waals surface area contributed by atoms with Crippen LogP contribution in [0, 0.1) is 18.6 Å². The molecule has 3 aromatic rings. The first-order chi connectivity index (χ1) is 15.7. The number of carbonyl (C=O) groups excluding carboxylic acids is 1. The number of methoxy groups -OCH3 is 1. The summed E-state index contributed by atoms with van der Waals surface area (Å²) >= 11 is 0. The van der Waals surface area contributed by atoms with E-state index in [4.69, 9.17) is 15.3 Å². The van der Waals surface area contributed by atoms with Crippen LogP contribution in [0.15, 0.2) is 66.3 Å². The van der Waals surface area contributed by atoms with E-state index in [1.165, 1.54) is 6.92 Å². The van der Waals surface area contributed by atoms with Gasteiger partial charge in [0.1, 0.15) is 11.6 Å². The number of amides is 1. The van der Waals surface area contributed by atoms with E-state index in [-0.39, 0.29) is 17.0 Å². The Morgan fingerprint density at radius 2 is 1.70 bits per heavy atom. The van der Waals surface area contributed by atoms with E-state index in [0.717, 1.165) is 34.4 Å². The van der Waals surface area contributed by atoms with E-state index in [1.54, 1.807) is 7.11 Å². The summed E-state index contributed by atoms with van der Waals surface area (Å²) < 4.78 is 33.7. The standard InChI is InChI=1S/C26H24F2N2O3/c1-15-7-5-6-8-20(15)21-10-9-18(11-19(21)14-32-4)17(3)33-30-16(2)22-12-25(28)23(26(29)31)13-24(22)27/h5-13H,3,14H2,1-2,4H3,(H2,29,31)/b30-16+. The Bertz CT molecular complexity index is 1250. The Morgan fingerprint density at radius 1 is 1.03 bits per heavy atom. The van der Waals surface area contributed by atoms with Crippen molar-refractivity contribution >= 4 is 17.4 Å². The minimum absolute atomic E-state index is 0.0669. The number of hydrogen-bond donors (Lipinski definition) is 1. The summed E-state index contributed by atoms with van der Waals surface area (Å²) in [6, 6.07) is 15.3. The number of aryl methyl sites for hydroxylation is 1. The van der Waals surface area contributed by atoms with Crippen LogP contribution in [0.25, 0.3) is 16.9 Å². The molecular weight excluding hydrogens is 426 g/mol. The first kappa shape index (κ1) is 23.8. The molecular formula is C26H24F2N2O3. The lowest BCUT2D eigenvalue weighted by molar-refractivity contribution is 0.0996. The third kappa shape index (κ3) is 5.32. The molecule has 0 heterocycles. The molecule has 2 N–H and O–H groups in total. The van der Waals surface area contributed by atoms with Gasteiger partial charge in [-0.2, -0.15) is 0 Å². The van der Waals surface area contributed by atoms with E-state index in [2.05, 4.69) is 11.7 Å². The zero-order valence-corrected chi connectivity index (χ0v) is 18.6. The van der Waals surface area contributed by atoms with Crippen molar-refractivity contribution in [1.29, 1.82) is 0 Å². The Hall–Kier alpha value is -3.84. The maximum absolute atomic E-state index is 14.3. The summed E-state index contributed by atoms with van der Waals surface area (Å²) in [7, 11) is 1.62. The first-order valence-electron chi connectivity index (χ1n) is 10.1. The highest BCUT2D eigenvalue weighted by molar-refractivity contribution is 6.00. The second-order valence-corrected chi connectivity index (χ2v) is 7.49. The lowest BCUT2D eigenvalue weighted by Crippen LogP contribution is -2.15. The second kappa shape index (κ2) is 10.2. The number of rotatable bonds is 8. The van der Waals surface area contributed by atoms with Crippen LogP contribution in [-0.4, -0.2) is 18.7 Å². The van der Waals surface area contributed by atoms with Crippen molar-refractivity contribution in [2.24, 2.45) is 10.9 Å². The van der Waals surface area contributed by atoms with Gasteiger partial charge in [0.15, 0.2) is 5.76 Å². The Labute approximate surface area is 191 Å². The molecule has 0 unspecified atom stereocenters. The zero-order valence-electron chi connectivity index (χ0n) is 18.6. The number of nitrogens with two attached hydrogens (primary N) is 1. The van der Waals surface area contributed by atoms with Crippen LogP contribution >= 0.6 is 0 Å². The Kier molecular flexibility index (Phi) is 7.35. The third-order valence-electron chi connectivity index (χ3n) is 5.17. The molecule has 7 heteroatoms. The van der Waals surface area contributed by atoms with Gasteiger partial charge in [0.05, 0.1) is 17.9 Å². The van der Waals surface area contributed by atoms with Gasteiger partial charge in [0.25, 0.3) is 5.91 Å². The zero-order chi connectivity index (χ0) is 24.1. The van der Waals surface area contributed by atoms with Crippen molar-refractivity contribution in [2.75, 3.05) is 7.11 Å². The smallest absolute Gasteiger partial charge is 0.251 e. The number of nitrogens with zero attached hydrogens (tertiary/aromatic N) is 1. The highest BCUT2D eigenvalue weighted by atomic mass is 19.1. The van der Waals surface area contributed by atoms with Crippen LogP contribution in [0.2, 0.25) is 0 Å². The molecule has 3 aromatic carbocycles. The number of halogens is 2. The highest BCUT2D eigenvalue weighted by Gasteiger charge is 2.16. The van der Waals surface area contributed by atoms with Crippen LogP contribution in [0.5, 0.6) is 0 Å². The molecule has 33 heavy (non-hydrogen) atoms. The number of carbonyl (C=O) groups is 1. The normalized spacial score (nSPS) is 11.4. The van der Waals surface area contributed by atoms with Crippen molar-refractivity contribution < 1.29 is 23.1 Å². The van der Waals surface area contributed by atoms with Gasteiger partial charge < -0.3 is 15.3 Å². The molecule has 1 amide bonds. The predicted molar refractivity (Wildman–Crippen MR) is 125 cm³/mol. The Morgan fingerprint density at radius 3 is 2.36 bits per heavy atom. The maximum Gasteiger partial charge on any atom is 0.251 e. The second-order valence-electron chi connectivity index (χ2n) is 7.49. The van der Waals surface area contributed by atoms with Gasteiger partial charge >= 0.3 is 0 Å². The number of ether oxygens (including phenoxy) is 1. The quantitative estimate of drug-likeness (QED) is 0.276. The first-order valence-corrected chi connectivity index (χ1v) is 10.1. The fraction of sp³-hybridized carbons (Fsp3) is 0.154. The summed E-state index contributed by atoms with van der Waals surface area (Å²) in [5, 5.41) is 3.88. The lowest BCUT2D eigenvalue weighted by Gasteiger charge is -2.14. The van der Waals surface area contributed by atoms with Gasteiger partial charge in [-0.05, 0) is 54.3 Å². The van der Waals surface area contributed by atoms with E-state index in [1.807, 2.05) is 49.4 Å². The average molecular weight is 450 g/mol. The molecule has 0 saturated heterocycles. The van der Waals surface area contributed by atoms with Crippen molar-refractivity contribution in [3.05, 3.63) is 101 Å². The minimum Gasteiger partial charge on any atom is -0.380 e. The monoisotopic (exact) mass is 450 g/mol. The van der Waals surface area contributed by atoms with Crippen molar-refractivity contribution in [2.45, 2.75) is 20.5 Å². The molecule has 3 rings (SSSR count). The molecule has 0 aliphatic rings. The van der Waals surface area contributed by atoms with Crippen LogP contribution in [0.1, 0.15) is 39.5 Å². The summed E-state index contributed by atoms with van der Waals surface area (Å²) in [4.78, 5) is 16.6. The van der Waals surface area contributed by atoms with E-state index in [9.17, 15) is 13.6 Å². The molecule has 0 saturated carbocycles. The van der Waals surface area contributed by atoms with Crippen molar-refractivity contribution in [3.8, 4) is 11.1 Å². The molecule has 0 aliphatic carbocycles. The van der Waals surface area contributed by atoms with Crippen molar-refractivity contribution in [3.63, 3.8) is 0 Å². The van der Waals surface area contributed by atoms with E-state index in [0.29, 0.717) is 12.2 Å². The number of primary amides is 1. The maximum atomic E-state index is 14.3. The lowest BCUT2D eigenvalue weighted by atomic mass is 9.94. The number of oxime groups is 1. The molecule has 0 aromatic heterocycles. The van der Waals surface area contributed by atoms with Crippen LogP contribution in [0.4, 0.5) is 8.78 Å². The average Bonchev–Trinajstić information content (AvgIpc) is 2.79. The fourth-order valence-electron chi connectivity index (χ4n) is 3.42. The Balaban J connectivity index is 1.86. The molecule has 0 bridgehead atoms. The van der Waals surface area contributed by atoms with Gasteiger partial charge in [-0.15, -0.1) is 0 Å².